The van der Waals surface area contributed by atoms with E-state index in [-0.39, 0.29) is 6.04 Å². The smallest absolute Gasteiger partial charge is 0.118 e. The molecule has 2 nitrogen and oxygen atoms in total. The Hall–Kier alpha value is -1.51. The van der Waals surface area contributed by atoms with Crippen molar-refractivity contribution in [1.82, 2.24) is 0 Å². The van der Waals surface area contributed by atoms with Gasteiger partial charge in [0.15, 0.2) is 0 Å². The molecule has 2 aromatic rings. The lowest BCUT2D eigenvalue weighted by molar-refractivity contribution is 0.414. The molecule has 2 N–H and O–H groups in total. The summed E-state index contributed by atoms with van der Waals surface area (Å²) in [6.45, 7) is 2.04. The molecule has 0 aliphatic heterocycles. The zero-order valence-corrected chi connectivity index (χ0v) is 13.4. The predicted molar refractivity (Wildman–Crippen MR) is 89.2 cm³/mol. The minimum atomic E-state index is 0.118. The van der Waals surface area contributed by atoms with E-state index in [9.17, 15) is 0 Å². The quantitative estimate of drug-likeness (QED) is 0.869. The first kappa shape index (κ1) is 15.9. The maximum atomic E-state index is 6.25. The fourth-order valence-corrected chi connectivity index (χ4v) is 2.66. The van der Waals surface area contributed by atoms with Gasteiger partial charge in [-0.25, -0.2) is 0 Å². The lowest BCUT2D eigenvalue weighted by atomic mass is 9.99. The summed E-state index contributed by atoms with van der Waals surface area (Å²) in [5, 5.41) is 0.815. The van der Waals surface area contributed by atoms with Gasteiger partial charge in [0.05, 0.1) is 7.11 Å². The van der Waals surface area contributed by atoms with Gasteiger partial charge in [-0.15, -0.1) is 0 Å². The topological polar surface area (TPSA) is 35.2 Å². The second kappa shape index (κ2) is 7.48. The average molecular weight is 304 g/mol. The Morgan fingerprint density at radius 3 is 2.48 bits per heavy atom. The van der Waals surface area contributed by atoms with E-state index < -0.39 is 0 Å². The lowest BCUT2D eigenvalue weighted by Crippen LogP contribution is -2.23. The van der Waals surface area contributed by atoms with Crippen LogP contribution in [-0.4, -0.2) is 13.2 Å². The summed E-state index contributed by atoms with van der Waals surface area (Å²) in [4.78, 5) is 0. The summed E-state index contributed by atoms with van der Waals surface area (Å²) < 4.78 is 5.16. The largest absolute Gasteiger partial charge is 0.497 e. The summed E-state index contributed by atoms with van der Waals surface area (Å²) in [5.41, 5.74) is 9.82. The third-order valence-corrected chi connectivity index (χ3v) is 4.01. The highest BCUT2D eigenvalue weighted by molar-refractivity contribution is 6.31. The van der Waals surface area contributed by atoms with Crippen LogP contribution in [0, 0.1) is 6.92 Å². The number of benzene rings is 2. The summed E-state index contributed by atoms with van der Waals surface area (Å²) in [6.07, 6.45) is 2.72. The van der Waals surface area contributed by atoms with Crippen molar-refractivity contribution in [2.75, 3.05) is 7.11 Å². The molecule has 0 aromatic heterocycles. The molecular weight excluding hydrogens is 282 g/mol. The zero-order valence-electron chi connectivity index (χ0n) is 12.6. The van der Waals surface area contributed by atoms with Crippen LogP contribution in [0.2, 0.25) is 5.02 Å². The third kappa shape index (κ3) is 4.76. The first-order chi connectivity index (χ1) is 10.1. The van der Waals surface area contributed by atoms with Crippen LogP contribution >= 0.6 is 11.6 Å². The monoisotopic (exact) mass is 303 g/mol. The Bertz CT molecular complexity index is 580. The average Bonchev–Trinajstić information content (AvgIpc) is 2.48. The molecule has 1 unspecified atom stereocenters. The number of halogens is 1. The molecule has 0 bridgehead atoms. The van der Waals surface area contributed by atoms with Crippen LogP contribution in [0.25, 0.3) is 0 Å². The van der Waals surface area contributed by atoms with Gasteiger partial charge in [-0.05, 0) is 61.1 Å². The fourth-order valence-electron chi connectivity index (χ4n) is 2.35. The Kier molecular flexibility index (Phi) is 5.66. The third-order valence-electron chi connectivity index (χ3n) is 3.65. The number of hydrogen-bond donors (Lipinski definition) is 1. The number of nitrogens with two attached hydrogens (primary N) is 1. The SMILES string of the molecule is COc1ccc(CCC(N)Cc2ccc(C)cc2Cl)cc1. The molecule has 3 heteroatoms. The number of methoxy groups -OCH3 is 1. The van der Waals surface area contributed by atoms with E-state index in [1.807, 2.05) is 25.1 Å². The van der Waals surface area contributed by atoms with Gasteiger partial charge in [-0.3, -0.25) is 0 Å². The molecule has 0 saturated heterocycles. The van der Waals surface area contributed by atoms with Crippen molar-refractivity contribution >= 4 is 11.6 Å². The van der Waals surface area contributed by atoms with E-state index in [0.717, 1.165) is 35.6 Å². The Morgan fingerprint density at radius 1 is 1.14 bits per heavy atom. The van der Waals surface area contributed by atoms with Gasteiger partial charge in [-0.2, -0.15) is 0 Å². The predicted octanol–water partition coefficient (Wildman–Crippen LogP) is 4.16. The molecule has 0 spiro atoms. The highest BCUT2D eigenvalue weighted by atomic mass is 35.5. The van der Waals surface area contributed by atoms with E-state index >= 15 is 0 Å². The molecule has 112 valence electrons. The molecule has 0 aliphatic carbocycles. The molecule has 0 heterocycles. The second-order valence-corrected chi connectivity index (χ2v) is 5.85. The van der Waals surface area contributed by atoms with Gasteiger partial charge in [0.1, 0.15) is 5.75 Å². The number of hydrogen-bond acceptors (Lipinski definition) is 2. The Morgan fingerprint density at radius 2 is 1.86 bits per heavy atom. The van der Waals surface area contributed by atoms with Gasteiger partial charge in [-0.1, -0.05) is 35.9 Å². The van der Waals surface area contributed by atoms with Gasteiger partial charge >= 0.3 is 0 Å². The molecule has 0 radical (unpaired) electrons. The summed E-state index contributed by atoms with van der Waals surface area (Å²) in [7, 11) is 1.68. The molecule has 2 rings (SSSR count). The van der Waals surface area contributed by atoms with Gasteiger partial charge in [0.2, 0.25) is 0 Å². The molecule has 0 aliphatic rings. The van der Waals surface area contributed by atoms with Crippen molar-refractivity contribution in [1.29, 1.82) is 0 Å². The highest BCUT2D eigenvalue weighted by Gasteiger charge is 2.08. The van der Waals surface area contributed by atoms with Crippen LogP contribution in [0.5, 0.6) is 5.75 Å². The van der Waals surface area contributed by atoms with E-state index in [2.05, 4.69) is 24.3 Å². The van der Waals surface area contributed by atoms with Crippen LogP contribution in [0.4, 0.5) is 0 Å². The van der Waals surface area contributed by atoms with Crippen molar-refractivity contribution in [3.05, 3.63) is 64.2 Å². The lowest BCUT2D eigenvalue weighted by Gasteiger charge is -2.13. The van der Waals surface area contributed by atoms with Crippen LogP contribution in [0.3, 0.4) is 0 Å². The number of ether oxygens (including phenoxy) is 1. The van der Waals surface area contributed by atoms with Crippen LogP contribution < -0.4 is 10.5 Å². The van der Waals surface area contributed by atoms with Crippen molar-refractivity contribution in [3.8, 4) is 5.75 Å². The molecule has 1 atom stereocenters. The van der Waals surface area contributed by atoms with Crippen LogP contribution in [0.15, 0.2) is 42.5 Å². The minimum absolute atomic E-state index is 0.118. The highest BCUT2D eigenvalue weighted by Crippen LogP contribution is 2.20. The summed E-state index contributed by atoms with van der Waals surface area (Å²) in [5.74, 6) is 0.884. The van der Waals surface area contributed by atoms with Crippen molar-refractivity contribution in [2.24, 2.45) is 5.73 Å². The van der Waals surface area contributed by atoms with Crippen LogP contribution in [0.1, 0.15) is 23.1 Å². The van der Waals surface area contributed by atoms with Gasteiger partial charge in [0, 0.05) is 11.1 Å². The number of aryl methyl sites for hydroxylation is 2. The molecule has 0 amide bonds. The van der Waals surface area contributed by atoms with E-state index in [4.69, 9.17) is 22.1 Å². The minimum Gasteiger partial charge on any atom is -0.497 e. The first-order valence-corrected chi connectivity index (χ1v) is 7.60. The Labute approximate surface area is 131 Å². The normalized spacial score (nSPS) is 12.2. The van der Waals surface area contributed by atoms with Crippen molar-refractivity contribution < 1.29 is 4.74 Å². The Balaban J connectivity index is 1.87. The molecule has 0 saturated carbocycles. The number of rotatable bonds is 6. The van der Waals surface area contributed by atoms with Gasteiger partial charge in [0.25, 0.3) is 0 Å². The van der Waals surface area contributed by atoms with E-state index in [1.54, 1.807) is 7.11 Å². The first-order valence-electron chi connectivity index (χ1n) is 7.22. The van der Waals surface area contributed by atoms with Crippen LogP contribution in [-0.2, 0) is 12.8 Å². The summed E-state index contributed by atoms with van der Waals surface area (Å²) in [6, 6.07) is 14.4. The fraction of sp³-hybridized carbons (Fsp3) is 0.333. The molecule has 0 fully saturated rings. The molecule has 21 heavy (non-hydrogen) atoms. The standard InChI is InChI=1S/C18H22ClNO/c1-13-3-7-15(18(19)11-13)12-16(20)8-4-14-5-9-17(21-2)10-6-14/h3,5-7,9-11,16H,4,8,12,20H2,1-2H3. The van der Waals surface area contributed by atoms with E-state index in [1.165, 1.54) is 11.1 Å². The molecule has 2 aromatic carbocycles. The maximum Gasteiger partial charge on any atom is 0.118 e. The maximum absolute atomic E-state index is 6.25. The second-order valence-electron chi connectivity index (χ2n) is 5.45. The summed E-state index contributed by atoms with van der Waals surface area (Å²) >= 11 is 6.25. The van der Waals surface area contributed by atoms with Gasteiger partial charge < -0.3 is 10.5 Å². The molecular formula is C18H22ClNO. The zero-order chi connectivity index (χ0) is 15.2. The van der Waals surface area contributed by atoms with Crippen molar-refractivity contribution in [3.63, 3.8) is 0 Å². The van der Waals surface area contributed by atoms with E-state index in [0.29, 0.717) is 0 Å². The van der Waals surface area contributed by atoms with Crippen molar-refractivity contribution in [2.45, 2.75) is 32.2 Å².